The van der Waals surface area contributed by atoms with Crippen LogP contribution < -0.4 is 0 Å². The minimum Gasteiger partial charge on any atom is -0.388 e. The molecule has 1 aliphatic rings. The van der Waals surface area contributed by atoms with Crippen LogP contribution in [-0.4, -0.2) is 41.4 Å². The van der Waals surface area contributed by atoms with Gasteiger partial charge in [-0.15, -0.1) is 6.58 Å². The normalized spacial score (nSPS) is 18.9. The molecule has 1 heterocycles. The van der Waals surface area contributed by atoms with Crippen molar-refractivity contribution in [3.63, 3.8) is 0 Å². The first-order valence-electron chi connectivity index (χ1n) is 9.63. The number of benzene rings is 2. The Kier molecular flexibility index (Phi) is 7.18. The van der Waals surface area contributed by atoms with Gasteiger partial charge in [0.2, 0.25) is 5.91 Å². The van der Waals surface area contributed by atoms with E-state index in [4.69, 9.17) is 4.74 Å². The minimum atomic E-state index is -0.885. The van der Waals surface area contributed by atoms with Gasteiger partial charge in [-0.25, -0.2) is 0 Å². The fourth-order valence-corrected chi connectivity index (χ4v) is 3.47. The van der Waals surface area contributed by atoms with Crippen molar-refractivity contribution in [3.05, 3.63) is 90.5 Å². The van der Waals surface area contributed by atoms with Gasteiger partial charge < -0.3 is 14.7 Å². The molecule has 1 N–H and O–H groups in total. The zero-order chi connectivity index (χ0) is 19.8. The molecule has 0 unspecified atom stereocenters. The van der Waals surface area contributed by atoms with Crippen molar-refractivity contribution in [2.45, 2.75) is 25.0 Å². The van der Waals surface area contributed by atoms with Crippen molar-refractivity contribution in [1.82, 2.24) is 4.90 Å². The first-order chi connectivity index (χ1) is 13.7. The number of carbonyl (C=O) groups is 1. The molecule has 1 aliphatic heterocycles. The van der Waals surface area contributed by atoms with E-state index in [2.05, 4.69) is 18.7 Å². The second-order valence-electron chi connectivity index (χ2n) is 7.04. The Morgan fingerprint density at radius 3 is 2.54 bits per heavy atom. The zero-order valence-electron chi connectivity index (χ0n) is 16.0. The van der Waals surface area contributed by atoms with Crippen LogP contribution in [-0.2, 0) is 16.0 Å². The zero-order valence-corrected chi connectivity index (χ0v) is 16.0. The van der Waals surface area contributed by atoms with Gasteiger partial charge in [-0.2, -0.15) is 0 Å². The Morgan fingerprint density at radius 2 is 1.86 bits per heavy atom. The molecule has 28 heavy (non-hydrogen) atoms. The Hall–Kier alpha value is -2.69. The molecule has 2 aromatic carbocycles. The molecule has 1 fully saturated rings. The molecule has 4 nitrogen and oxygen atoms in total. The van der Waals surface area contributed by atoms with Crippen LogP contribution in [0.2, 0.25) is 0 Å². The lowest BCUT2D eigenvalue weighted by molar-refractivity contribution is -0.140. The van der Waals surface area contributed by atoms with E-state index in [9.17, 15) is 9.90 Å². The predicted octanol–water partition coefficient (Wildman–Crippen LogP) is 3.68. The molecule has 0 spiro atoms. The van der Waals surface area contributed by atoms with Gasteiger partial charge in [0, 0.05) is 0 Å². The summed E-state index contributed by atoms with van der Waals surface area (Å²) in [6, 6.07) is 19.8. The summed E-state index contributed by atoms with van der Waals surface area (Å²) in [5.74, 6) is -0.666. The Morgan fingerprint density at radius 1 is 1.18 bits per heavy atom. The van der Waals surface area contributed by atoms with Crippen molar-refractivity contribution in [2.24, 2.45) is 5.92 Å². The van der Waals surface area contributed by atoms with E-state index in [0.29, 0.717) is 13.0 Å². The number of ether oxygens (including phenoxy) is 1. The van der Waals surface area contributed by atoms with Crippen LogP contribution in [0.15, 0.2) is 79.4 Å². The van der Waals surface area contributed by atoms with Gasteiger partial charge in [-0.05, 0) is 24.0 Å². The highest BCUT2D eigenvalue weighted by molar-refractivity contribution is 5.80. The Labute approximate surface area is 166 Å². The molecule has 0 aliphatic carbocycles. The summed E-state index contributed by atoms with van der Waals surface area (Å²) in [5.41, 5.74) is 2.15. The highest BCUT2D eigenvalue weighted by Crippen LogP contribution is 2.22. The van der Waals surface area contributed by atoms with Gasteiger partial charge in [0.05, 0.1) is 24.7 Å². The topological polar surface area (TPSA) is 49.8 Å². The average molecular weight is 377 g/mol. The van der Waals surface area contributed by atoms with E-state index in [1.807, 2.05) is 54.6 Å². The van der Waals surface area contributed by atoms with Crippen LogP contribution in [0, 0.1) is 5.92 Å². The molecule has 4 heteroatoms. The molecule has 3 atom stereocenters. The summed E-state index contributed by atoms with van der Waals surface area (Å²) < 4.78 is 5.58. The third-order valence-corrected chi connectivity index (χ3v) is 5.01. The quantitative estimate of drug-likeness (QED) is 0.714. The van der Waals surface area contributed by atoms with Crippen molar-refractivity contribution in [1.29, 1.82) is 0 Å². The van der Waals surface area contributed by atoms with Crippen LogP contribution >= 0.6 is 0 Å². The molecular formula is C24H27NO3. The molecule has 0 aromatic heterocycles. The number of rotatable bonds is 8. The van der Waals surface area contributed by atoms with Crippen LogP contribution in [0.5, 0.6) is 0 Å². The largest absolute Gasteiger partial charge is 0.388 e. The van der Waals surface area contributed by atoms with Gasteiger partial charge in [0.15, 0.2) is 0 Å². The molecule has 0 radical (unpaired) electrons. The third kappa shape index (κ3) is 5.18. The van der Waals surface area contributed by atoms with E-state index in [1.165, 1.54) is 5.56 Å². The highest BCUT2D eigenvalue weighted by atomic mass is 16.5. The van der Waals surface area contributed by atoms with E-state index < -0.39 is 12.0 Å². The molecule has 3 rings (SSSR count). The number of hydrogen-bond acceptors (Lipinski definition) is 3. The SMILES string of the molecule is C=CC[C@H](C(=O)N1COC[C@H]1Cc1ccccc1)[C@@H](O)/C=C/c1ccccc1. The van der Waals surface area contributed by atoms with Crippen molar-refractivity contribution in [2.75, 3.05) is 13.3 Å². The van der Waals surface area contributed by atoms with Gasteiger partial charge in [-0.3, -0.25) is 4.79 Å². The van der Waals surface area contributed by atoms with Gasteiger partial charge >= 0.3 is 0 Å². The first kappa shape index (κ1) is 20.1. The van der Waals surface area contributed by atoms with Crippen LogP contribution in [0.1, 0.15) is 17.5 Å². The van der Waals surface area contributed by atoms with Gasteiger partial charge in [-0.1, -0.05) is 78.9 Å². The average Bonchev–Trinajstić information content (AvgIpc) is 3.19. The summed E-state index contributed by atoms with van der Waals surface area (Å²) in [6.07, 6.45) is 5.48. The highest BCUT2D eigenvalue weighted by Gasteiger charge is 2.35. The summed E-state index contributed by atoms with van der Waals surface area (Å²) in [7, 11) is 0. The van der Waals surface area contributed by atoms with Gasteiger partial charge in [0.25, 0.3) is 0 Å². The molecular weight excluding hydrogens is 350 g/mol. The Balaban J connectivity index is 1.70. The van der Waals surface area contributed by atoms with E-state index in [1.54, 1.807) is 17.1 Å². The summed E-state index contributed by atoms with van der Waals surface area (Å²) in [6.45, 7) is 4.53. The summed E-state index contributed by atoms with van der Waals surface area (Å²) in [5, 5.41) is 10.7. The maximum atomic E-state index is 13.2. The van der Waals surface area contributed by atoms with Crippen molar-refractivity contribution in [3.8, 4) is 0 Å². The standard InChI is InChI=1S/C24H27NO3/c1-2-9-22(23(26)15-14-19-10-5-3-6-11-19)24(27)25-18-28-17-21(25)16-20-12-7-4-8-13-20/h2-8,10-15,21-23,26H,1,9,16-18H2/b15-14+/t21-,22+,23+/m1/s1. The molecule has 1 amide bonds. The lowest BCUT2D eigenvalue weighted by atomic mass is 9.94. The minimum absolute atomic E-state index is 0.0208. The number of amides is 1. The third-order valence-electron chi connectivity index (χ3n) is 5.01. The second-order valence-corrected chi connectivity index (χ2v) is 7.04. The molecule has 0 saturated carbocycles. The maximum absolute atomic E-state index is 13.2. The monoisotopic (exact) mass is 377 g/mol. The van der Waals surface area contributed by atoms with E-state index in [-0.39, 0.29) is 18.7 Å². The fourth-order valence-electron chi connectivity index (χ4n) is 3.47. The number of aliphatic hydroxyl groups is 1. The van der Waals surface area contributed by atoms with Crippen LogP contribution in [0.25, 0.3) is 6.08 Å². The number of carbonyl (C=O) groups excluding carboxylic acids is 1. The van der Waals surface area contributed by atoms with E-state index >= 15 is 0 Å². The lowest BCUT2D eigenvalue weighted by Crippen LogP contribution is -2.44. The number of aliphatic hydroxyl groups excluding tert-OH is 1. The fraction of sp³-hybridized carbons (Fsp3) is 0.292. The molecule has 146 valence electrons. The predicted molar refractivity (Wildman–Crippen MR) is 111 cm³/mol. The van der Waals surface area contributed by atoms with Crippen molar-refractivity contribution < 1.29 is 14.6 Å². The molecule has 1 saturated heterocycles. The molecule has 0 bridgehead atoms. The van der Waals surface area contributed by atoms with Crippen molar-refractivity contribution >= 4 is 12.0 Å². The van der Waals surface area contributed by atoms with Crippen LogP contribution in [0.4, 0.5) is 0 Å². The van der Waals surface area contributed by atoms with Gasteiger partial charge in [0.1, 0.15) is 6.73 Å². The number of allylic oxidation sites excluding steroid dienone is 1. The van der Waals surface area contributed by atoms with E-state index in [0.717, 1.165) is 12.0 Å². The summed E-state index contributed by atoms with van der Waals surface area (Å²) in [4.78, 5) is 14.9. The lowest BCUT2D eigenvalue weighted by Gasteiger charge is -2.28. The summed E-state index contributed by atoms with van der Waals surface area (Å²) >= 11 is 0. The smallest absolute Gasteiger partial charge is 0.231 e. The number of nitrogens with zero attached hydrogens (tertiary/aromatic N) is 1. The first-order valence-corrected chi connectivity index (χ1v) is 9.63. The second kappa shape index (κ2) is 10.0. The number of hydrogen-bond donors (Lipinski definition) is 1. The molecule has 2 aromatic rings. The Bertz CT molecular complexity index is 788. The maximum Gasteiger partial charge on any atom is 0.231 e. The van der Waals surface area contributed by atoms with Crippen LogP contribution in [0.3, 0.4) is 0 Å².